The molecule has 0 fully saturated rings. The molecule has 168 valence electrons. The SMILES string of the molecule is CC[Si](C)(OB(O[Si](C)(CC)C(C)(C)C)O[Si](C)(CC)C(C)(C)C)C(C)(C)C. The van der Waals surface area contributed by atoms with Crippen molar-refractivity contribution in [3.8, 4) is 0 Å². The second kappa shape index (κ2) is 9.39. The lowest BCUT2D eigenvalue weighted by Crippen LogP contribution is -2.59. The van der Waals surface area contributed by atoms with Crippen molar-refractivity contribution < 1.29 is 13.0 Å². The van der Waals surface area contributed by atoms with Gasteiger partial charge in [-0.05, 0) is 52.9 Å². The fraction of sp³-hybridized carbons (Fsp3) is 1.00. The second-order valence-corrected chi connectivity index (χ2v) is 26.9. The van der Waals surface area contributed by atoms with E-state index in [9.17, 15) is 0 Å². The van der Waals surface area contributed by atoms with Gasteiger partial charge in [-0.2, -0.15) is 0 Å². The molecule has 0 saturated heterocycles. The third-order valence-electron chi connectivity index (χ3n) is 7.85. The molecular weight excluding hydrogens is 395 g/mol. The lowest BCUT2D eigenvalue weighted by atomic mass is 10.2. The molecule has 0 rings (SSSR count). The number of rotatable bonds is 9. The van der Waals surface area contributed by atoms with E-state index in [0.717, 1.165) is 18.1 Å². The molecule has 3 nitrogen and oxygen atoms in total. The molecule has 0 amide bonds. The minimum Gasteiger partial charge on any atom is -0.429 e. The predicted octanol–water partition coefficient (Wildman–Crippen LogP) is 8.21. The van der Waals surface area contributed by atoms with E-state index < -0.39 is 32.3 Å². The Hall–Kier alpha value is 0.596. The summed E-state index contributed by atoms with van der Waals surface area (Å²) in [6.45, 7) is 34.6. The van der Waals surface area contributed by atoms with E-state index in [-0.39, 0.29) is 15.1 Å². The predicted molar refractivity (Wildman–Crippen MR) is 134 cm³/mol. The van der Waals surface area contributed by atoms with Crippen LogP contribution in [0.2, 0.25) is 52.9 Å². The van der Waals surface area contributed by atoms with Gasteiger partial charge in [-0.1, -0.05) is 83.1 Å². The maximum absolute atomic E-state index is 6.90. The van der Waals surface area contributed by atoms with E-state index in [1.165, 1.54) is 0 Å². The van der Waals surface area contributed by atoms with Gasteiger partial charge in [0.05, 0.1) is 0 Å². The first-order valence-corrected chi connectivity index (χ1v) is 19.1. The fourth-order valence-electron chi connectivity index (χ4n) is 3.08. The maximum atomic E-state index is 6.90. The van der Waals surface area contributed by atoms with Crippen molar-refractivity contribution in [2.45, 2.75) is 136 Å². The average molecular weight is 447 g/mol. The smallest absolute Gasteiger partial charge is 0.429 e. The van der Waals surface area contributed by atoms with Gasteiger partial charge < -0.3 is 13.0 Å². The normalized spacial score (nSPS) is 20.2. The van der Waals surface area contributed by atoms with Crippen LogP contribution in [0.5, 0.6) is 0 Å². The Kier molecular flexibility index (Phi) is 9.59. The zero-order valence-electron chi connectivity index (χ0n) is 21.9. The molecule has 7 heteroatoms. The largest absolute Gasteiger partial charge is 0.606 e. The first kappa shape index (κ1) is 28.6. The summed E-state index contributed by atoms with van der Waals surface area (Å²) in [6, 6.07) is 3.17. The molecule has 0 aromatic rings. The van der Waals surface area contributed by atoms with E-state index >= 15 is 0 Å². The van der Waals surface area contributed by atoms with Crippen LogP contribution in [0.25, 0.3) is 0 Å². The van der Waals surface area contributed by atoms with Crippen molar-refractivity contribution in [2.75, 3.05) is 0 Å². The van der Waals surface area contributed by atoms with Gasteiger partial charge in [0.15, 0.2) is 25.0 Å². The Morgan fingerprint density at radius 2 is 0.679 bits per heavy atom. The van der Waals surface area contributed by atoms with Gasteiger partial charge in [0.25, 0.3) is 0 Å². The minimum absolute atomic E-state index is 0.129. The van der Waals surface area contributed by atoms with Crippen LogP contribution in [0, 0.1) is 0 Å². The van der Waals surface area contributed by atoms with Crippen LogP contribution in [-0.4, -0.2) is 32.3 Å². The third kappa shape index (κ3) is 6.55. The molecule has 3 atom stereocenters. The second-order valence-electron chi connectivity index (χ2n) is 12.1. The van der Waals surface area contributed by atoms with E-state index in [1.807, 2.05) is 0 Å². The summed E-state index contributed by atoms with van der Waals surface area (Å²) in [5.74, 6) is 0. The molecule has 0 aliphatic heterocycles. The van der Waals surface area contributed by atoms with E-state index in [0.29, 0.717) is 0 Å². The van der Waals surface area contributed by atoms with E-state index in [1.54, 1.807) is 0 Å². The molecule has 0 N–H and O–H groups in total. The Morgan fingerprint density at radius 3 is 0.786 bits per heavy atom. The highest BCUT2D eigenvalue weighted by Crippen LogP contribution is 2.45. The molecular formula is C21H51BO3Si3. The fourth-order valence-corrected chi connectivity index (χ4v) is 9.67. The lowest BCUT2D eigenvalue weighted by molar-refractivity contribution is 0.266. The van der Waals surface area contributed by atoms with Crippen LogP contribution >= 0.6 is 0 Å². The lowest BCUT2D eigenvalue weighted by Gasteiger charge is -2.48. The first-order chi connectivity index (χ1) is 12.2. The van der Waals surface area contributed by atoms with Crippen LogP contribution in [-0.2, 0) is 13.0 Å². The first-order valence-electron chi connectivity index (χ1n) is 11.3. The Morgan fingerprint density at radius 1 is 0.500 bits per heavy atom. The van der Waals surface area contributed by atoms with Gasteiger partial charge in [-0.15, -0.1) is 0 Å². The molecule has 0 aromatic heterocycles. The van der Waals surface area contributed by atoms with Gasteiger partial charge in [0.1, 0.15) is 0 Å². The summed E-state index contributed by atoms with van der Waals surface area (Å²) in [5, 5.41) is 0.388. The summed E-state index contributed by atoms with van der Waals surface area (Å²) in [4.78, 5) is 0. The summed E-state index contributed by atoms with van der Waals surface area (Å²) in [6.07, 6.45) is 0. The standard InChI is InChI=1S/C21H51BO3Si3/c1-16-26(13,19(4,5)6)23-22(24-27(14,17-2)20(7,8)9)25-28(15,18-3)21(10,11)12/h16-18H2,1-15H3. The summed E-state index contributed by atoms with van der Waals surface area (Å²) < 4.78 is 20.7. The molecule has 28 heavy (non-hydrogen) atoms. The summed E-state index contributed by atoms with van der Waals surface area (Å²) in [5.41, 5.74) is 0. The van der Waals surface area contributed by atoms with Crippen molar-refractivity contribution in [3.05, 3.63) is 0 Å². The highest BCUT2D eigenvalue weighted by molar-refractivity contribution is 6.87. The number of hydrogen-bond donors (Lipinski definition) is 0. The quantitative estimate of drug-likeness (QED) is 0.334. The van der Waals surface area contributed by atoms with E-state index in [4.69, 9.17) is 13.0 Å². The van der Waals surface area contributed by atoms with Crippen molar-refractivity contribution >= 4 is 32.3 Å². The summed E-state index contributed by atoms with van der Waals surface area (Å²) in [7, 11) is -6.65. The minimum atomic E-state index is -2.04. The Balaban J connectivity index is 6.12. The van der Waals surface area contributed by atoms with Crippen LogP contribution in [0.15, 0.2) is 0 Å². The molecule has 0 aliphatic rings. The highest BCUT2D eigenvalue weighted by Gasteiger charge is 2.53. The van der Waals surface area contributed by atoms with Crippen LogP contribution < -0.4 is 0 Å². The molecule has 3 unspecified atom stereocenters. The molecule has 0 saturated carbocycles. The topological polar surface area (TPSA) is 27.7 Å². The van der Waals surface area contributed by atoms with Crippen molar-refractivity contribution in [3.63, 3.8) is 0 Å². The van der Waals surface area contributed by atoms with Crippen molar-refractivity contribution in [1.29, 1.82) is 0 Å². The van der Waals surface area contributed by atoms with Crippen LogP contribution in [0.4, 0.5) is 0 Å². The van der Waals surface area contributed by atoms with Gasteiger partial charge in [-0.3, -0.25) is 0 Å². The van der Waals surface area contributed by atoms with Gasteiger partial charge in [0.2, 0.25) is 0 Å². The van der Waals surface area contributed by atoms with Crippen LogP contribution in [0.1, 0.15) is 83.1 Å². The zero-order valence-corrected chi connectivity index (χ0v) is 24.9. The molecule has 0 aromatic carbocycles. The zero-order chi connectivity index (χ0) is 22.8. The average Bonchev–Trinajstić information content (AvgIpc) is 2.50. The Labute approximate surface area is 181 Å². The highest BCUT2D eigenvalue weighted by atomic mass is 28.4. The van der Waals surface area contributed by atoms with Crippen molar-refractivity contribution in [2.24, 2.45) is 0 Å². The Bertz CT molecular complexity index is 427. The monoisotopic (exact) mass is 446 g/mol. The number of hydrogen-bond acceptors (Lipinski definition) is 3. The van der Waals surface area contributed by atoms with Crippen molar-refractivity contribution in [1.82, 2.24) is 0 Å². The van der Waals surface area contributed by atoms with Crippen LogP contribution in [0.3, 0.4) is 0 Å². The van der Waals surface area contributed by atoms with Gasteiger partial charge in [-0.25, -0.2) is 0 Å². The third-order valence-corrected chi connectivity index (χ3v) is 23.6. The molecule has 0 spiro atoms. The molecule has 0 radical (unpaired) electrons. The van der Waals surface area contributed by atoms with E-state index in [2.05, 4.69) is 103 Å². The molecule has 0 aliphatic carbocycles. The molecule has 0 heterocycles. The maximum Gasteiger partial charge on any atom is 0.606 e. The summed E-state index contributed by atoms with van der Waals surface area (Å²) >= 11 is 0. The van der Waals surface area contributed by atoms with Gasteiger partial charge >= 0.3 is 7.32 Å². The molecule has 0 bridgehead atoms. The van der Waals surface area contributed by atoms with Gasteiger partial charge in [0, 0.05) is 0 Å².